The van der Waals surface area contributed by atoms with Crippen LogP contribution >= 0.6 is 15.9 Å². The lowest BCUT2D eigenvalue weighted by molar-refractivity contribution is 0.0881. The Bertz CT molecular complexity index is 618. The third-order valence-electron chi connectivity index (χ3n) is 3.86. The Labute approximate surface area is 140 Å². The van der Waals surface area contributed by atoms with Gasteiger partial charge < -0.3 is 9.47 Å². The molecule has 1 fully saturated rings. The molecule has 3 rings (SSSR count). The quantitative estimate of drug-likeness (QED) is 0.653. The van der Waals surface area contributed by atoms with Crippen LogP contribution in [0.4, 0.5) is 0 Å². The van der Waals surface area contributed by atoms with Crippen molar-refractivity contribution in [1.29, 1.82) is 0 Å². The number of rotatable bonds is 7. The fraction of sp³-hybridized carbons (Fsp3) is 0.368. The molecule has 0 spiro atoms. The van der Waals surface area contributed by atoms with Crippen LogP contribution in [-0.4, -0.2) is 19.3 Å². The first-order valence-corrected chi connectivity index (χ1v) is 8.58. The molecule has 1 aliphatic rings. The highest BCUT2D eigenvalue weighted by atomic mass is 79.9. The van der Waals surface area contributed by atoms with E-state index >= 15 is 0 Å². The van der Waals surface area contributed by atoms with E-state index in [0.717, 1.165) is 16.6 Å². The second-order valence-corrected chi connectivity index (χ2v) is 6.73. The first-order chi connectivity index (χ1) is 10.7. The molecule has 1 aliphatic carbocycles. The predicted octanol–water partition coefficient (Wildman–Crippen LogP) is 4.91. The molecule has 0 unspecified atom stereocenters. The van der Waals surface area contributed by atoms with Gasteiger partial charge in [0.15, 0.2) is 0 Å². The van der Waals surface area contributed by atoms with Crippen molar-refractivity contribution >= 4 is 15.9 Å². The Morgan fingerprint density at radius 2 is 1.82 bits per heavy atom. The van der Waals surface area contributed by atoms with Crippen molar-refractivity contribution in [2.24, 2.45) is 0 Å². The van der Waals surface area contributed by atoms with Crippen LogP contribution in [0.5, 0.6) is 5.75 Å². The van der Waals surface area contributed by atoms with Crippen LogP contribution in [0.25, 0.3) is 0 Å². The monoisotopic (exact) mass is 360 g/mol. The number of aryl methyl sites for hydroxylation is 1. The number of hydrogen-bond acceptors (Lipinski definition) is 2. The molecule has 2 aromatic rings. The summed E-state index contributed by atoms with van der Waals surface area (Å²) >= 11 is 3.54. The zero-order valence-electron chi connectivity index (χ0n) is 12.8. The lowest BCUT2D eigenvalue weighted by atomic mass is 10.0. The zero-order valence-corrected chi connectivity index (χ0v) is 14.4. The van der Waals surface area contributed by atoms with Gasteiger partial charge in [-0.1, -0.05) is 34.1 Å². The van der Waals surface area contributed by atoms with E-state index < -0.39 is 0 Å². The second kappa shape index (κ2) is 7.30. The molecule has 1 saturated carbocycles. The van der Waals surface area contributed by atoms with Gasteiger partial charge in [-0.05, 0) is 67.1 Å². The topological polar surface area (TPSA) is 18.5 Å². The largest absolute Gasteiger partial charge is 0.491 e. The molecule has 0 aliphatic heterocycles. The normalized spacial score (nSPS) is 14.1. The van der Waals surface area contributed by atoms with Gasteiger partial charge in [-0.2, -0.15) is 0 Å². The summed E-state index contributed by atoms with van der Waals surface area (Å²) in [5.41, 5.74) is 3.96. The summed E-state index contributed by atoms with van der Waals surface area (Å²) in [5.74, 6) is 0.911. The highest BCUT2D eigenvalue weighted by Crippen LogP contribution is 2.23. The van der Waals surface area contributed by atoms with E-state index in [1.165, 1.54) is 29.5 Å². The maximum atomic E-state index is 5.70. The molecule has 2 nitrogen and oxygen atoms in total. The van der Waals surface area contributed by atoms with Crippen LogP contribution in [-0.2, 0) is 11.2 Å². The molecule has 0 amide bonds. The molecule has 22 heavy (non-hydrogen) atoms. The van der Waals surface area contributed by atoms with Crippen molar-refractivity contribution in [3.63, 3.8) is 0 Å². The predicted molar refractivity (Wildman–Crippen MR) is 92.6 cm³/mol. The molecule has 116 valence electrons. The zero-order chi connectivity index (χ0) is 15.4. The molecule has 0 aromatic heterocycles. The third kappa shape index (κ3) is 4.59. The van der Waals surface area contributed by atoms with Gasteiger partial charge in [0.25, 0.3) is 0 Å². The van der Waals surface area contributed by atoms with Crippen LogP contribution in [0.3, 0.4) is 0 Å². The van der Waals surface area contributed by atoms with E-state index in [1.807, 2.05) is 12.1 Å². The Balaban J connectivity index is 1.53. The number of hydrogen-bond donors (Lipinski definition) is 0. The summed E-state index contributed by atoms with van der Waals surface area (Å²) in [4.78, 5) is 0. The molecule has 0 atom stereocenters. The first-order valence-electron chi connectivity index (χ1n) is 7.79. The molecule has 0 bridgehead atoms. The summed E-state index contributed by atoms with van der Waals surface area (Å²) in [6.45, 7) is 3.46. The van der Waals surface area contributed by atoms with Crippen molar-refractivity contribution in [1.82, 2.24) is 0 Å². The third-order valence-corrected chi connectivity index (χ3v) is 4.35. The smallest absolute Gasteiger partial charge is 0.119 e. The summed E-state index contributed by atoms with van der Waals surface area (Å²) in [6.07, 6.45) is 3.86. The highest BCUT2D eigenvalue weighted by molar-refractivity contribution is 9.10. The molecule has 0 radical (unpaired) electrons. The fourth-order valence-corrected chi connectivity index (χ4v) is 2.77. The summed E-state index contributed by atoms with van der Waals surface area (Å²) in [6, 6.07) is 14.8. The summed E-state index contributed by atoms with van der Waals surface area (Å²) < 4.78 is 12.4. The van der Waals surface area contributed by atoms with Gasteiger partial charge in [0.2, 0.25) is 0 Å². The number of benzene rings is 2. The van der Waals surface area contributed by atoms with Gasteiger partial charge in [-0.15, -0.1) is 0 Å². The van der Waals surface area contributed by atoms with Crippen molar-refractivity contribution in [2.75, 3.05) is 13.2 Å². The minimum Gasteiger partial charge on any atom is -0.491 e. The first kappa shape index (κ1) is 15.6. The average Bonchev–Trinajstić information content (AvgIpc) is 3.33. The standard InChI is InChI=1S/C19H21BrO2/c1-14-2-5-17(20)13-16(14)12-15-3-6-18(7-4-15)21-10-11-22-19-8-9-19/h2-7,13,19H,8-12H2,1H3. The van der Waals surface area contributed by atoms with Crippen molar-refractivity contribution in [3.05, 3.63) is 63.6 Å². The van der Waals surface area contributed by atoms with Crippen LogP contribution in [0.1, 0.15) is 29.5 Å². The van der Waals surface area contributed by atoms with Crippen molar-refractivity contribution < 1.29 is 9.47 Å². The van der Waals surface area contributed by atoms with Crippen LogP contribution in [0.2, 0.25) is 0 Å². The van der Waals surface area contributed by atoms with Crippen LogP contribution in [0.15, 0.2) is 46.9 Å². The fourth-order valence-electron chi connectivity index (χ4n) is 2.36. The molecule has 0 heterocycles. The van der Waals surface area contributed by atoms with Crippen molar-refractivity contribution in [2.45, 2.75) is 32.3 Å². The maximum Gasteiger partial charge on any atom is 0.119 e. The molecule has 3 heteroatoms. The maximum absolute atomic E-state index is 5.70. The Morgan fingerprint density at radius 3 is 2.55 bits per heavy atom. The molecule has 0 saturated heterocycles. The van der Waals surface area contributed by atoms with Gasteiger partial charge in [0.1, 0.15) is 12.4 Å². The molecule has 2 aromatic carbocycles. The highest BCUT2D eigenvalue weighted by Gasteiger charge is 2.21. The minimum atomic E-state index is 0.499. The van der Waals surface area contributed by atoms with E-state index in [4.69, 9.17) is 9.47 Å². The molecule has 0 N–H and O–H groups in total. The van der Waals surface area contributed by atoms with E-state index in [-0.39, 0.29) is 0 Å². The number of halogens is 1. The number of ether oxygens (including phenoxy) is 2. The van der Waals surface area contributed by atoms with Crippen LogP contribution in [0, 0.1) is 6.92 Å². The average molecular weight is 361 g/mol. The van der Waals surface area contributed by atoms with Gasteiger partial charge in [-0.3, -0.25) is 0 Å². The van der Waals surface area contributed by atoms with Gasteiger partial charge in [-0.25, -0.2) is 0 Å². The summed E-state index contributed by atoms with van der Waals surface area (Å²) in [5, 5.41) is 0. The van der Waals surface area contributed by atoms with Gasteiger partial charge in [0.05, 0.1) is 12.7 Å². The minimum absolute atomic E-state index is 0.499. The SMILES string of the molecule is Cc1ccc(Br)cc1Cc1ccc(OCCOC2CC2)cc1. The lowest BCUT2D eigenvalue weighted by Gasteiger charge is -2.09. The Morgan fingerprint density at radius 1 is 1.05 bits per heavy atom. The van der Waals surface area contributed by atoms with Gasteiger partial charge >= 0.3 is 0 Å². The molecular weight excluding hydrogens is 340 g/mol. The summed E-state index contributed by atoms with van der Waals surface area (Å²) in [7, 11) is 0. The van der Waals surface area contributed by atoms with E-state index in [1.54, 1.807) is 0 Å². The Kier molecular flexibility index (Phi) is 5.16. The Hall–Kier alpha value is -1.32. The second-order valence-electron chi connectivity index (χ2n) is 5.81. The van der Waals surface area contributed by atoms with Gasteiger partial charge in [0, 0.05) is 4.47 Å². The molecular formula is C19H21BrO2. The lowest BCUT2D eigenvalue weighted by Crippen LogP contribution is -2.07. The van der Waals surface area contributed by atoms with E-state index in [0.29, 0.717) is 19.3 Å². The van der Waals surface area contributed by atoms with E-state index in [2.05, 4.69) is 53.2 Å². The van der Waals surface area contributed by atoms with Crippen LogP contribution < -0.4 is 4.74 Å². The van der Waals surface area contributed by atoms with E-state index in [9.17, 15) is 0 Å². The van der Waals surface area contributed by atoms with Crippen molar-refractivity contribution in [3.8, 4) is 5.75 Å².